The number of hydrogen-bond acceptors (Lipinski definition) is 3. The van der Waals surface area contributed by atoms with Crippen molar-refractivity contribution < 1.29 is 4.79 Å². The Bertz CT molecular complexity index is 606. The highest BCUT2D eigenvalue weighted by atomic mass is 79.9. The van der Waals surface area contributed by atoms with E-state index in [1.807, 2.05) is 37.8 Å². The van der Waals surface area contributed by atoms with Crippen molar-refractivity contribution in [3.63, 3.8) is 0 Å². The molecule has 0 fully saturated rings. The van der Waals surface area contributed by atoms with Crippen molar-refractivity contribution >= 4 is 21.8 Å². The van der Waals surface area contributed by atoms with E-state index in [4.69, 9.17) is 0 Å². The lowest BCUT2D eigenvalue weighted by Crippen LogP contribution is -2.34. The monoisotopic (exact) mass is 353 g/mol. The molecule has 0 bridgehead atoms. The molecule has 1 atom stereocenters. The first-order chi connectivity index (χ1) is 10.0. The quantitative estimate of drug-likeness (QED) is 0.799. The molecule has 0 aliphatic rings. The van der Waals surface area contributed by atoms with Crippen LogP contribution < -0.4 is 0 Å². The maximum atomic E-state index is 12.4. The Balaban J connectivity index is 1.95. The number of amides is 1. The highest BCUT2D eigenvalue weighted by Crippen LogP contribution is 2.11. The first-order valence-electron chi connectivity index (χ1n) is 6.95. The number of rotatable bonds is 6. The zero-order valence-electron chi connectivity index (χ0n) is 12.5. The van der Waals surface area contributed by atoms with Crippen molar-refractivity contribution in [1.82, 2.24) is 24.5 Å². The van der Waals surface area contributed by atoms with Crippen LogP contribution in [0.15, 0.2) is 29.1 Å². The third-order valence-electron chi connectivity index (χ3n) is 3.36. The van der Waals surface area contributed by atoms with Crippen molar-refractivity contribution in [2.45, 2.75) is 33.5 Å². The zero-order valence-corrected chi connectivity index (χ0v) is 14.1. The van der Waals surface area contributed by atoms with Gasteiger partial charge in [0.05, 0.1) is 35.4 Å². The molecule has 0 N–H and O–H groups in total. The molecule has 0 aliphatic heterocycles. The highest BCUT2D eigenvalue weighted by Gasteiger charge is 2.19. The molecule has 0 aromatic carbocycles. The fourth-order valence-electron chi connectivity index (χ4n) is 2.27. The molecule has 1 unspecified atom stereocenters. The maximum Gasteiger partial charge on any atom is 0.227 e. The van der Waals surface area contributed by atoms with E-state index in [-0.39, 0.29) is 11.8 Å². The van der Waals surface area contributed by atoms with Crippen LogP contribution in [0.25, 0.3) is 0 Å². The Kier molecular flexibility index (Phi) is 5.17. The Hall–Kier alpha value is -1.63. The molecule has 0 aliphatic carbocycles. The number of carbonyl (C=O) groups is 1. The molecule has 2 heterocycles. The van der Waals surface area contributed by atoms with Crippen molar-refractivity contribution in [1.29, 1.82) is 0 Å². The summed E-state index contributed by atoms with van der Waals surface area (Å²) < 4.78 is 4.60. The van der Waals surface area contributed by atoms with Crippen LogP contribution in [0.5, 0.6) is 0 Å². The summed E-state index contributed by atoms with van der Waals surface area (Å²) in [6, 6.07) is 1.95. The molecule has 2 aromatic rings. The molecular formula is C14H20BrN5O. The van der Waals surface area contributed by atoms with E-state index in [1.165, 1.54) is 0 Å². The second kappa shape index (κ2) is 6.89. The minimum atomic E-state index is -0.125. The van der Waals surface area contributed by atoms with Gasteiger partial charge < -0.3 is 4.90 Å². The van der Waals surface area contributed by atoms with Crippen LogP contribution in [-0.4, -0.2) is 37.4 Å². The molecule has 21 heavy (non-hydrogen) atoms. The van der Waals surface area contributed by atoms with Crippen molar-refractivity contribution in [2.24, 2.45) is 5.92 Å². The van der Waals surface area contributed by atoms with E-state index < -0.39 is 0 Å². The normalized spacial score (nSPS) is 12.4. The van der Waals surface area contributed by atoms with Crippen LogP contribution in [0.4, 0.5) is 0 Å². The standard InChI is InChI=1S/C14H20BrN5O/c1-4-20-13(5-6-16-20)10-18(3)14(21)11(2)8-19-9-12(15)7-17-19/h5-7,9,11H,4,8,10H2,1-3H3. The minimum Gasteiger partial charge on any atom is -0.340 e. The van der Waals surface area contributed by atoms with Gasteiger partial charge in [0.25, 0.3) is 0 Å². The van der Waals surface area contributed by atoms with E-state index in [9.17, 15) is 4.79 Å². The Morgan fingerprint density at radius 3 is 2.86 bits per heavy atom. The van der Waals surface area contributed by atoms with Crippen LogP contribution >= 0.6 is 15.9 Å². The third-order valence-corrected chi connectivity index (χ3v) is 3.77. The van der Waals surface area contributed by atoms with Crippen LogP contribution in [-0.2, 0) is 24.4 Å². The van der Waals surface area contributed by atoms with E-state index in [0.717, 1.165) is 16.7 Å². The van der Waals surface area contributed by atoms with E-state index >= 15 is 0 Å². The first kappa shape index (κ1) is 15.8. The average molecular weight is 354 g/mol. The summed E-state index contributed by atoms with van der Waals surface area (Å²) in [5.74, 6) is -0.0229. The van der Waals surface area contributed by atoms with Gasteiger partial charge in [-0.2, -0.15) is 10.2 Å². The molecule has 2 rings (SSSR count). The molecule has 0 saturated heterocycles. The lowest BCUT2D eigenvalue weighted by molar-refractivity contribution is -0.134. The molecule has 0 radical (unpaired) electrons. The molecule has 1 amide bonds. The summed E-state index contributed by atoms with van der Waals surface area (Å²) in [7, 11) is 1.82. The molecule has 0 saturated carbocycles. The van der Waals surface area contributed by atoms with Crippen LogP contribution in [0, 0.1) is 5.92 Å². The lowest BCUT2D eigenvalue weighted by atomic mass is 10.1. The van der Waals surface area contributed by atoms with Gasteiger partial charge in [-0.3, -0.25) is 14.2 Å². The molecule has 7 heteroatoms. The number of aryl methyl sites for hydroxylation is 1. The van der Waals surface area contributed by atoms with Gasteiger partial charge in [0.2, 0.25) is 5.91 Å². The molecule has 6 nitrogen and oxygen atoms in total. The fraction of sp³-hybridized carbons (Fsp3) is 0.500. The Labute approximate surface area is 132 Å². The summed E-state index contributed by atoms with van der Waals surface area (Å²) >= 11 is 3.36. The summed E-state index contributed by atoms with van der Waals surface area (Å²) in [5, 5.41) is 8.41. The van der Waals surface area contributed by atoms with Crippen molar-refractivity contribution in [2.75, 3.05) is 7.05 Å². The predicted octanol–water partition coefficient (Wildman–Crippen LogP) is 2.16. The van der Waals surface area contributed by atoms with Gasteiger partial charge in [0.15, 0.2) is 0 Å². The topological polar surface area (TPSA) is 56.0 Å². The average Bonchev–Trinajstić information content (AvgIpc) is 3.06. The lowest BCUT2D eigenvalue weighted by Gasteiger charge is -2.21. The van der Waals surface area contributed by atoms with Crippen molar-refractivity contribution in [3.8, 4) is 0 Å². The summed E-state index contributed by atoms with van der Waals surface area (Å²) in [6.45, 7) is 5.91. The Morgan fingerprint density at radius 1 is 1.48 bits per heavy atom. The van der Waals surface area contributed by atoms with Gasteiger partial charge in [0.1, 0.15) is 0 Å². The van der Waals surface area contributed by atoms with Gasteiger partial charge in [-0.15, -0.1) is 0 Å². The number of carbonyl (C=O) groups excluding carboxylic acids is 1. The second-order valence-corrected chi connectivity index (χ2v) is 6.03. The minimum absolute atomic E-state index is 0.102. The van der Waals surface area contributed by atoms with Gasteiger partial charge in [0, 0.05) is 26.0 Å². The number of halogens is 1. The summed E-state index contributed by atoms with van der Waals surface area (Å²) in [4.78, 5) is 14.2. The van der Waals surface area contributed by atoms with E-state index in [2.05, 4.69) is 26.1 Å². The van der Waals surface area contributed by atoms with E-state index in [0.29, 0.717) is 13.1 Å². The molecule has 0 spiro atoms. The smallest absolute Gasteiger partial charge is 0.227 e. The summed E-state index contributed by atoms with van der Waals surface area (Å²) in [6.07, 6.45) is 5.36. The number of aromatic nitrogens is 4. The van der Waals surface area contributed by atoms with E-state index in [1.54, 1.807) is 22.0 Å². The molecule has 2 aromatic heterocycles. The van der Waals surface area contributed by atoms with Gasteiger partial charge in [-0.25, -0.2) is 0 Å². The summed E-state index contributed by atoms with van der Waals surface area (Å²) in [5.41, 5.74) is 1.04. The molecular weight excluding hydrogens is 334 g/mol. The predicted molar refractivity (Wildman–Crippen MR) is 83.5 cm³/mol. The van der Waals surface area contributed by atoms with Crippen LogP contribution in [0.1, 0.15) is 19.5 Å². The maximum absolute atomic E-state index is 12.4. The van der Waals surface area contributed by atoms with Crippen LogP contribution in [0.2, 0.25) is 0 Å². The number of nitrogens with zero attached hydrogens (tertiary/aromatic N) is 5. The number of hydrogen-bond donors (Lipinski definition) is 0. The van der Waals surface area contributed by atoms with Crippen LogP contribution in [0.3, 0.4) is 0 Å². The molecule has 114 valence electrons. The second-order valence-electron chi connectivity index (χ2n) is 5.11. The van der Waals surface area contributed by atoms with Gasteiger partial charge in [-0.1, -0.05) is 6.92 Å². The zero-order chi connectivity index (χ0) is 15.4. The fourth-order valence-corrected chi connectivity index (χ4v) is 2.60. The Morgan fingerprint density at radius 2 is 2.24 bits per heavy atom. The first-order valence-corrected chi connectivity index (χ1v) is 7.74. The third kappa shape index (κ3) is 3.93. The van der Waals surface area contributed by atoms with Crippen molar-refractivity contribution in [3.05, 3.63) is 34.8 Å². The van der Waals surface area contributed by atoms with Gasteiger partial charge >= 0.3 is 0 Å². The van der Waals surface area contributed by atoms with Gasteiger partial charge in [-0.05, 0) is 28.9 Å². The highest BCUT2D eigenvalue weighted by molar-refractivity contribution is 9.10. The largest absolute Gasteiger partial charge is 0.340 e. The SMILES string of the molecule is CCn1nccc1CN(C)C(=O)C(C)Cn1cc(Br)cn1.